The van der Waals surface area contributed by atoms with E-state index in [1.807, 2.05) is 0 Å². The Morgan fingerprint density at radius 1 is 1.13 bits per heavy atom. The topological polar surface area (TPSA) is 74.5 Å². The van der Waals surface area contributed by atoms with Gasteiger partial charge in [-0.05, 0) is 11.6 Å². The summed E-state index contributed by atoms with van der Waals surface area (Å²) in [6.07, 6.45) is -18.4. The number of hydrogen-bond acceptors (Lipinski definition) is 7. The molecular formula is C18H20F6N2O4S. The molecule has 1 aromatic rings. The number of benzene rings is 1. The number of aliphatic hydroxyl groups is 2. The highest BCUT2D eigenvalue weighted by Crippen LogP contribution is 2.41. The fourth-order valence-corrected chi connectivity index (χ4v) is 4.47. The number of aliphatic imine (C=N–C) groups is 1. The normalized spacial score (nSPS) is 30.0. The third kappa shape index (κ3) is 5.11. The second-order valence-corrected chi connectivity index (χ2v) is 8.36. The van der Waals surface area contributed by atoms with Crippen LogP contribution >= 0.6 is 11.8 Å². The van der Waals surface area contributed by atoms with Crippen LogP contribution in [0, 0.1) is 0 Å². The molecule has 6 nitrogen and oxygen atoms in total. The molecule has 1 unspecified atom stereocenters. The SMILES string of the molecule is CN(C)C1=N[C@@H]2[C@@H](O)[C@H](O)C([C@@H](OCc3ccccc3C(F)(F)F)C(F)(F)F)O[C@@H]2S1. The number of fused-ring (bicyclic) bond motifs is 1. The van der Waals surface area contributed by atoms with Crippen LogP contribution in [0.25, 0.3) is 0 Å². The molecule has 2 aliphatic rings. The standard InChI is InChI=1S/C18H20F6N2O4S/c1-26(2)16-25-10-11(27)12(28)13(30-15(10)31-16)14(18(22,23)24)29-7-8-5-3-4-6-9(8)17(19,20)21/h3-6,10-15,27-28H,7H2,1-2H3/t10-,11-,12+,13?,14-,15-/m1/s1. The summed E-state index contributed by atoms with van der Waals surface area (Å²) in [5.74, 6) is 0. The molecule has 0 aromatic heterocycles. The van der Waals surface area contributed by atoms with Gasteiger partial charge in [0.05, 0.1) is 12.2 Å². The number of aliphatic hydroxyl groups excluding tert-OH is 2. The Morgan fingerprint density at radius 2 is 1.77 bits per heavy atom. The summed E-state index contributed by atoms with van der Waals surface area (Å²) in [6, 6.07) is 3.10. The van der Waals surface area contributed by atoms with Gasteiger partial charge in [-0.1, -0.05) is 30.0 Å². The van der Waals surface area contributed by atoms with Crippen LogP contribution in [-0.2, 0) is 22.3 Å². The average Bonchev–Trinajstić information content (AvgIpc) is 3.09. The molecule has 0 bridgehead atoms. The number of alkyl halides is 6. The van der Waals surface area contributed by atoms with Gasteiger partial charge in [-0.3, -0.25) is 4.99 Å². The van der Waals surface area contributed by atoms with Crippen molar-refractivity contribution < 1.29 is 46.0 Å². The summed E-state index contributed by atoms with van der Waals surface area (Å²) in [5.41, 5.74) is -2.64. The maximum absolute atomic E-state index is 13.7. The predicted octanol–water partition coefficient (Wildman–Crippen LogP) is 2.63. The van der Waals surface area contributed by atoms with Gasteiger partial charge in [-0.2, -0.15) is 26.3 Å². The van der Waals surface area contributed by atoms with E-state index in [2.05, 4.69) is 4.99 Å². The lowest BCUT2D eigenvalue weighted by Gasteiger charge is -2.41. The van der Waals surface area contributed by atoms with Crippen LogP contribution in [0.1, 0.15) is 11.1 Å². The molecule has 13 heteroatoms. The summed E-state index contributed by atoms with van der Waals surface area (Å²) < 4.78 is 90.8. The zero-order valence-electron chi connectivity index (χ0n) is 16.3. The Kier molecular flexibility index (Phi) is 6.82. The van der Waals surface area contributed by atoms with Crippen molar-refractivity contribution in [2.45, 2.75) is 54.9 Å². The second-order valence-electron chi connectivity index (χ2n) is 7.29. The van der Waals surface area contributed by atoms with E-state index in [1.165, 1.54) is 6.07 Å². The predicted molar refractivity (Wildman–Crippen MR) is 99.3 cm³/mol. The van der Waals surface area contributed by atoms with Crippen molar-refractivity contribution in [1.29, 1.82) is 0 Å². The summed E-state index contributed by atoms with van der Waals surface area (Å²) in [6.45, 7) is -1.02. The Labute approximate surface area is 177 Å². The van der Waals surface area contributed by atoms with Gasteiger partial charge < -0.3 is 24.6 Å². The minimum Gasteiger partial charge on any atom is -0.388 e. The van der Waals surface area contributed by atoms with Crippen molar-refractivity contribution >= 4 is 16.9 Å². The van der Waals surface area contributed by atoms with Gasteiger partial charge in [-0.15, -0.1) is 0 Å². The minimum atomic E-state index is -5.08. The Hall–Kier alpha value is -1.54. The first-order chi connectivity index (χ1) is 14.3. The Bertz CT molecular complexity index is 819. The average molecular weight is 474 g/mol. The lowest BCUT2D eigenvalue weighted by Crippen LogP contribution is -2.61. The molecule has 0 saturated carbocycles. The highest BCUT2D eigenvalue weighted by Gasteiger charge is 2.57. The summed E-state index contributed by atoms with van der Waals surface area (Å²) in [4.78, 5) is 5.73. The van der Waals surface area contributed by atoms with E-state index < -0.39 is 66.0 Å². The molecule has 2 N–H and O–H groups in total. The summed E-state index contributed by atoms with van der Waals surface area (Å²) in [7, 11) is 3.28. The maximum atomic E-state index is 13.7. The van der Waals surface area contributed by atoms with Gasteiger partial charge in [0.25, 0.3) is 0 Å². The first-order valence-corrected chi connectivity index (χ1v) is 9.95. The van der Waals surface area contributed by atoms with E-state index in [4.69, 9.17) is 9.47 Å². The molecule has 0 amide bonds. The molecule has 0 radical (unpaired) electrons. The molecule has 1 fully saturated rings. The van der Waals surface area contributed by atoms with Crippen molar-refractivity contribution in [3.63, 3.8) is 0 Å². The molecular weight excluding hydrogens is 454 g/mol. The van der Waals surface area contributed by atoms with Crippen LogP contribution in [0.3, 0.4) is 0 Å². The molecule has 3 rings (SSSR count). The summed E-state index contributed by atoms with van der Waals surface area (Å²) >= 11 is 0.971. The van der Waals surface area contributed by atoms with E-state index in [1.54, 1.807) is 19.0 Å². The Morgan fingerprint density at radius 3 is 2.35 bits per heavy atom. The molecule has 0 aliphatic carbocycles. The van der Waals surface area contributed by atoms with Crippen LogP contribution in [-0.4, -0.2) is 76.4 Å². The van der Waals surface area contributed by atoms with Crippen LogP contribution in [0.5, 0.6) is 0 Å². The number of halogens is 6. The number of nitrogens with zero attached hydrogens (tertiary/aromatic N) is 2. The first kappa shape index (κ1) is 24.1. The first-order valence-electron chi connectivity index (χ1n) is 9.07. The highest BCUT2D eigenvalue weighted by molar-refractivity contribution is 8.14. The fourth-order valence-electron chi connectivity index (χ4n) is 3.32. The zero-order valence-corrected chi connectivity index (χ0v) is 17.1. The largest absolute Gasteiger partial charge is 0.417 e. The third-order valence-corrected chi connectivity index (χ3v) is 6.14. The van der Waals surface area contributed by atoms with E-state index in [0.29, 0.717) is 5.17 Å². The smallest absolute Gasteiger partial charge is 0.388 e. The molecule has 2 heterocycles. The van der Waals surface area contributed by atoms with Gasteiger partial charge in [0.1, 0.15) is 29.8 Å². The van der Waals surface area contributed by atoms with Gasteiger partial charge in [0.15, 0.2) is 11.3 Å². The molecule has 2 aliphatic heterocycles. The molecule has 6 atom stereocenters. The van der Waals surface area contributed by atoms with Crippen LogP contribution in [0.4, 0.5) is 26.3 Å². The van der Waals surface area contributed by atoms with Gasteiger partial charge in [0.2, 0.25) is 0 Å². The van der Waals surface area contributed by atoms with E-state index >= 15 is 0 Å². The molecule has 31 heavy (non-hydrogen) atoms. The fraction of sp³-hybridized carbons (Fsp3) is 0.611. The van der Waals surface area contributed by atoms with Crippen molar-refractivity contribution in [1.82, 2.24) is 4.90 Å². The van der Waals surface area contributed by atoms with E-state index in [9.17, 15) is 36.6 Å². The van der Waals surface area contributed by atoms with Crippen LogP contribution in [0.15, 0.2) is 29.3 Å². The van der Waals surface area contributed by atoms with Crippen molar-refractivity contribution in [3.8, 4) is 0 Å². The monoisotopic (exact) mass is 474 g/mol. The van der Waals surface area contributed by atoms with Gasteiger partial charge >= 0.3 is 12.4 Å². The quantitative estimate of drug-likeness (QED) is 0.654. The minimum absolute atomic E-state index is 0.394. The third-order valence-electron chi connectivity index (χ3n) is 4.83. The molecule has 174 valence electrons. The van der Waals surface area contributed by atoms with E-state index in [0.717, 1.165) is 30.0 Å². The molecule has 1 aromatic carbocycles. The number of ether oxygens (including phenoxy) is 2. The lowest BCUT2D eigenvalue weighted by molar-refractivity contribution is -0.287. The van der Waals surface area contributed by atoms with Crippen molar-refractivity contribution in [2.75, 3.05) is 14.1 Å². The summed E-state index contributed by atoms with van der Waals surface area (Å²) in [5, 5.41) is 21.0. The van der Waals surface area contributed by atoms with Crippen molar-refractivity contribution in [3.05, 3.63) is 35.4 Å². The number of rotatable bonds is 4. The molecule has 1 saturated heterocycles. The van der Waals surface area contributed by atoms with Gasteiger partial charge in [-0.25, -0.2) is 0 Å². The van der Waals surface area contributed by atoms with Crippen molar-refractivity contribution in [2.24, 2.45) is 4.99 Å². The maximum Gasteiger partial charge on any atom is 0.417 e. The number of amidine groups is 1. The van der Waals surface area contributed by atoms with E-state index in [-0.39, 0.29) is 0 Å². The number of thioether (sulfide) groups is 1. The molecule has 0 spiro atoms. The van der Waals surface area contributed by atoms with Gasteiger partial charge in [0, 0.05) is 14.1 Å². The van der Waals surface area contributed by atoms with Crippen LogP contribution < -0.4 is 0 Å². The second kappa shape index (κ2) is 8.77. The lowest BCUT2D eigenvalue weighted by atomic mass is 9.94. The zero-order chi connectivity index (χ0) is 23.1. The highest BCUT2D eigenvalue weighted by atomic mass is 32.2. The number of hydrogen-bond donors (Lipinski definition) is 2. The Balaban J connectivity index is 1.82. The van der Waals surface area contributed by atoms with Crippen LogP contribution in [0.2, 0.25) is 0 Å².